The summed E-state index contributed by atoms with van der Waals surface area (Å²) in [5.41, 5.74) is -0.0691. The van der Waals surface area contributed by atoms with Gasteiger partial charge in [0, 0.05) is 11.3 Å². The first kappa shape index (κ1) is 33.0. The monoisotopic (exact) mass is 645 g/mol. The Balaban J connectivity index is 1.57. The lowest BCUT2D eigenvalue weighted by Crippen LogP contribution is -2.25. The lowest BCUT2D eigenvalue weighted by atomic mass is 10.1. The van der Waals surface area contributed by atoms with Crippen molar-refractivity contribution in [3.05, 3.63) is 77.6 Å². The van der Waals surface area contributed by atoms with Crippen molar-refractivity contribution in [2.75, 3.05) is 39.0 Å². The third-order valence-corrected chi connectivity index (χ3v) is 7.18. The van der Waals surface area contributed by atoms with Gasteiger partial charge in [-0.25, -0.2) is 0 Å². The minimum absolute atomic E-state index is 0.0984. The molecule has 0 bridgehead atoms. The Labute approximate surface area is 261 Å². The third-order valence-electron chi connectivity index (χ3n) is 6.25. The van der Waals surface area contributed by atoms with Gasteiger partial charge in [-0.3, -0.25) is 14.2 Å². The lowest BCUT2D eigenvalue weighted by molar-refractivity contribution is -0.137. The number of nitrogens with one attached hydrogen (secondary N) is 2. The second kappa shape index (κ2) is 14.7. The lowest BCUT2D eigenvalue weighted by Gasteiger charge is -2.15. The first-order valence-corrected chi connectivity index (χ1v) is 14.4. The Morgan fingerprint density at radius 2 is 1.62 bits per heavy atom. The topological polar surface area (TPSA) is 126 Å². The SMILES string of the molecule is CCOc1ccc(NC(=O)CSc2nnc(CNC(=O)c3cc(OC)c(OC)c(OC)c3)n2-c2cccc(C(F)(F)F)c2)cc1. The number of hydrogen-bond donors (Lipinski definition) is 2. The number of carbonyl (C=O) groups excluding carboxylic acids is 2. The largest absolute Gasteiger partial charge is 0.494 e. The highest BCUT2D eigenvalue weighted by molar-refractivity contribution is 7.99. The van der Waals surface area contributed by atoms with E-state index in [-0.39, 0.29) is 51.9 Å². The van der Waals surface area contributed by atoms with Crippen molar-refractivity contribution in [2.45, 2.75) is 24.8 Å². The van der Waals surface area contributed by atoms with E-state index in [4.69, 9.17) is 18.9 Å². The minimum Gasteiger partial charge on any atom is -0.494 e. The van der Waals surface area contributed by atoms with Crippen LogP contribution in [-0.2, 0) is 17.5 Å². The highest BCUT2D eigenvalue weighted by Gasteiger charge is 2.31. The van der Waals surface area contributed by atoms with Gasteiger partial charge in [-0.15, -0.1) is 10.2 Å². The van der Waals surface area contributed by atoms with Crippen LogP contribution in [0.15, 0.2) is 65.8 Å². The van der Waals surface area contributed by atoms with E-state index in [1.165, 1.54) is 50.2 Å². The van der Waals surface area contributed by atoms with Gasteiger partial charge in [0.15, 0.2) is 22.5 Å². The molecular formula is C30H30F3N5O6S. The van der Waals surface area contributed by atoms with Crippen LogP contribution in [0.5, 0.6) is 23.0 Å². The molecule has 15 heteroatoms. The molecule has 0 saturated heterocycles. The van der Waals surface area contributed by atoms with E-state index in [1.54, 1.807) is 24.3 Å². The quantitative estimate of drug-likeness (QED) is 0.185. The molecule has 0 aliphatic rings. The molecule has 238 valence electrons. The molecule has 11 nitrogen and oxygen atoms in total. The van der Waals surface area contributed by atoms with Crippen LogP contribution < -0.4 is 29.6 Å². The van der Waals surface area contributed by atoms with Crippen molar-refractivity contribution in [3.63, 3.8) is 0 Å². The predicted octanol–water partition coefficient (Wildman–Crippen LogP) is 5.37. The summed E-state index contributed by atoms with van der Waals surface area (Å²) in [7, 11) is 4.25. The molecular weight excluding hydrogens is 615 g/mol. The molecule has 3 aromatic carbocycles. The zero-order chi connectivity index (χ0) is 32.6. The van der Waals surface area contributed by atoms with Gasteiger partial charge in [0.05, 0.1) is 51.5 Å². The summed E-state index contributed by atoms with van der Waals surface area (Å²) in [5, 5.41) is 13.8. The van der Waals surface area contributed by atoms with Crippen LogP contribution in [0.3, 0.4) is 0 Å². The second-order valence-corrected chi connectivity index (χ2v) is 10.1. The summed E-state index contributed by atoms with van der Waals surface area (Å²) in [6, 6.07) is 14.3. The molecule has 4 rings (SSSR count). The number of amides is 2. The number of carbonyl (C=O) groups is 2. The number of rotatable bonds is 13. The number of ether oxygens (including phenoxy) is 4. The highest BCUT2D eigenvalue weighted by Crippen LogP contribution is 2.38. The Kier molecular flexibility index (Phi) is 10.8. The number of nitrogens with zero attached hydrogens (tertiary/aromatic N) is 3. The van der Waals surface area contributed by atoms with Crippen LogP contribution in [0.2, 0.25) is 0 Å². The van der Waals surface area contributed by atoms with Crippen molar-refractivity contribution in [3.8, 4) is 28.7 Å². The normalized spacial score (nSPS) is 11.1. The van der Waals surface area contributed by atoms with E-state index in [2.05, 4.69) is 20.8 Å². The summed E-state index contributed by atoms with van der Waals surface area (Å²) >= 11 is 0.971. The van der Waals surface area contributed by atoms with Gasteiger partial charge in [-0.1, -0.05) is 17.8 Å². The number of anilines is 1. The Bertz CT molecular complexity index is 1620. The highest BCUT2D eigenvalue weighted by atomic mass is 32.2. The van der Waals surface area contributed by atoms with Crippen LogP contribution in [0, 0.1) is 0 Å². The Morgan fingerprint density at radius 3 is 2.22 bits per heavy atom. The first-order valence-electron chi connectivity index (χ1n) is 13.4. The summed E-state index contributed by atoms with van der Waals surface area (Å²) in [6.45, 7) is 2.16. The van der Waals surface area contributed by atoms with Gasteiger partial charge in [0.25, 0.3) is 5.91 Å². The van der Waals surface area contributed by atoms with Crippen molar-refractivity contribution >= 4 is 29.3 Å². The van der Waals surface area contributed by atoms with Gasteiger partial charge in [0.1, 0.15) is 5.75 Å². The molecule has 0 radical (unpaired) electrons. The fraction of sp³-hybridized carbons (Fsp3) is 0.267. The number of aromatic nitrogens is 3. The average Bonchev–Trinajstić information content (AvgIpc) is 3.45. The van der Waals surface area contributed by atoms with Crippen molar-refractivity contribution in [1.82, 2.24) is 20.1 Å². The zero-order valence-corrected chi connectivity index (χ0v) is 25.5. The van der Waals surface area contributed by atoms with E-state index in [0.717, 1.165) is 23.9 Å². The molecule has 1 heterocycles. The maximum atomic E-state index is 13.6. The molecule has 0 unspecified atom stereocenters. The predicted molar refractivity (Wildman–Crippen MR) is 161 cm³/mol. The van der Waals surface area contributed by atoms with E-state index in [9.17, 15) is 22.8 Å². The van der Waals surface area contributed by atoms with Crippen LogP contribution in [0.4, 0.5) is 18.9 Å². The molecule has 0 fully saturated rings. The van der Waals surface area contributed by atoms with Gasteiger partial charge in [-0.2, -0.15) is 13.2 Å². The van der Waals surface area contributed by atoms with Crippen LogP contribution >= 0.6 is 11.8 Å². The molecule has 0 spiro atoms. The summed E-state index contributed by atoms with van der Waals surface area (Å²) in [5.74, 6) is 0.564. The number of hydrogen-bond acceptors (Lipinski definition) is 9. The number of thioether (sulfide) groups is 1. The maximum absolute atomic E-state index is 13.6. The van der Waals surface area contributed by atoms with E-state index >= 15 is 0 Å². The molecule has 1 aromatic heterocycles. The van der Waals surface area contributed by atoms with E-state index < -0.39 is 17.6 Å². The number of alkyl halides is 3. The first-order chi connectivity index (χ1) is 21.6. The smallest absolute Gasteiger partial charge is 0.416 e. The summed E-state index contributed by atoms with van der Waals surface area (Å²) < 4.78 is 63.4. The molecule has 0 aliphatic carbocycles. The molecule has 45 heavy (non-hydrogen) atoms. The standard InChI is InChI=1S/C30H30F3N5O6S/c1-5-44-22-11-9-20(10-12-22)35-26(39)17-45-29-37-36-25(38(29)21-8-6-7-19(15-21)30(31,32)33)16-34-28(40)18-13-23(41-2)27(43-4)24(14-18)42-3/h6-15H,5,16-17H2,1-4H3,(H,34,40)(H,35,39). The summed E-state index contributed by atoms with van der Waals surface area (Å²) in [6.07, 6.45) is -4.60. The van der Waals surface area contributed by atoms with Crippen LogP contribution in [-0.4, -0.2) is 60.3 Å². The minimum atomic E-state index is -4.60. The molecule has 0 atom stereocenters. The third kappa shape index (κ3) is 8.17. The fourth-order valence-electron chi connectivity index (χ4n) is 4.19. The van der Waals surface area contributed by atoms with Crippen LogP contribution in [0.1, 0.15) is 28.7 Å². The number of benzene rings is 3. The fourth-order valence-corrected chi connectivity index (χ4v) is 4.96. The van der Waals surface area contributed by atoms with Gasteiger partial charge in [0.2, 0.25) is 11.7 Å². The summed E-state index contributed by atoms with van der Waals surface area (Å²) in [4.78, 5) is 25.8. The van der Waals surface area contributed by atoms with E-state index in [0.29, 0.717) is 23.8 Å². The van der Waals surface area contributed by atoms with Crippen molar-refractivity contribution in [2.24, 2.45) is 0 Å². The Hall–Kier alpha value is -4.92. The molecule has 2 amide bonds. The van der Waals surface area contributed by atoms with Crippen LogP contribution in [0.25, 0.3) is 5.69 Å². The molecule has 4 aromatic rings. The zero-order valence-electron chi connectivity index (χ0n) is 24.7. The van der Waals surface area contributed by atoms with Gasteiger partial charge >= 0.3 is 6.18 Å². The molecule has 0 saturated carbocycles. The Morgan fingerprint density at radius 1 is 0.933 bits per heavy atom. The van der Waals surface area contributed by atoms with Crippen molar-refractivity contribution in [1.29, 1.82) is 0 Å². The number of halogens is 3. The second-order valence-electron chi connectivity index (χ2n) is 9.17. The molecule has 0 aliphatic heterocycles. The van der Waals surface area contributed by atoms with E-state index in [1.807, 2.05) is 6.92 Å². The maximum Gasteiger partial charge on any atom is 0.416 e. The average molecular weight is 646 g/mol. The molecule has 2 N–H and O–H groups in total. The van der Waals surface area contributed by atoms with Crippen molar-refractivity contribution < 1.29 is 41.7 Å². The van der Waals surface area contributed by atoms with Gasteiger partial charge < -0.3 is 29.6 Å². The number of methoxy groups -OCH3 is 3. The van der Waals surface area contributed by atoms with Gasteiger partial charge in [-0.05, 0) is 61.5 Å².